The van der Waals surface area contributed by atoms with Crippen molar-refractivity contribution in [3.63, 3.8) is 0 Å². The summed E-state index contributed by atoms with van der Waals surface area (Å²) in [5.41, 5.74) is 2.78. The smallest absolute Gasteiger partial charge is 0.341 e. The largest absolute Gasteiger partial charge is 0.433 e. The first-order valence-electron chi connectivity index (χ1n) is 16.1. The van der Waals surface area contributed by atoms with Crippen LogP contribution in [0.1, 0.15) is 39.2 Å². The minimum Gasteiger partial charge on any atom is -0.341 e. The maximum absolute atomic E-state index is 14.6. The van der Waals surface area contributed by atoms with Crippen molar-refractivity contribution in [1.29, 1.82) is 0 Å². The van der Waals surface area contributed by atoms with E-state index in [0.29, 0.717) is 24.6 Å². The van der Waals surface area contributed by atoms with Crippen LogP contribution in [0.3, 0.4) is 0 Å². The van der Waals surface area contributed by atoms with Gasteiger partial charge in [0, 0.05) is 50.2 Å². The molecular weight excluding hydrogens is 742 g/mol. The van der Waals surface area contributed by atoms with Crippen LogP contribution in [0, 0.1) is 5.92 Å². The van der Waals surface area contributed by atoms with Gasteiger partial charge in [-0.15, -0.1) is 0 Å². The second-order valence-corrected chi connectivity index (χ2v) is 13.8. The number of aromatic nitrogens is 2. The Kier molecular flexibility index (Phi) is 12.2. The number of hydrogen-bond acceptors (Lipinski definition) is 5. The second kappa shape index (κ2) is 16.5. The lowest BCUT2D eigenvalue weighted by molar-refractivity contribution is -0.145. The third kappa shape index (κ3) is 9.75. The van der Waals surface area contributed by atoms with Gasteiger partial charge in [-0.3, -0.25) is 19.6 Å². The molecular formula is C38H39F3IN5O2. The van der Waals surface area contributed by atoms with E-state index >= 15 is 0 Å². The van der Waals surface area contributed by atoms with Crippen LogP contribution in [0.25, 0.3) is 17.3 Å². The Morgan fingerprint density at radius 3 is 2.22 bits per heavy atom. The van der Waals surface area contributed by atoms with Crippen LogP contribution in [-0.2, 0) is 22.3 Å². The molecule has 0 aliphatic carbocycles. The van der Waals surface area contributed by atoms with Crippen LogP contribution in [0.2, 0.25) is 0 Å². The molecule has 1 fully saturated rings. The predicted molar refractivity (Wildman–Crippen MR) is 193 cm³/mol. The zero-order valence-corrected chi connectivity index (χ0v) is 29.6. The molecule has 2 atom stereocenters. The molecule has 0 spiro atoms. The van der Waals surface area contributed by atoms with E-state index < -0.39 is 23.8 Å². The molecule has 0 saturated carbocycles. The summed E-state index contributed by atoms with van der Waals surface area (Å²) in [5, 5.41) is 0. The quantitative estimate of drug-likeness (QED) is 0.0894. The van der Waals surface area contributed by atoms with Gasteiger partial charge in [-0.2, -0.15) is 13.2 Å². The first-order chi connectivity index (χ1) is 23.5. The van der Waals surface area contributed by atoms with E-state index in [0.717, 1.165) is 54.0 Å². The number of alkyl halides is 4. The van der Waals surface area contributed by atoms with Gasteiger partial charge in [0.15, 0.2) is 0 Å². The van der Waals surface area contributed by atoms with Crippen LogP contribution in [0.5, 0.6) is 0 Å². The van der Waals surface area contributed by atoms with E-state index in [1.807, 2.05) is 77.7 Å². The highest BCUT2D eigenvalue weighted by atomic mass is 127. The third-order valence-corrected chi connectivity index (χ3v) is 9.98. The van der Waals surface area contributed by atoms with Crippen molar-refractivity contribution in [3.8, 4) is 11.3 Å². The van der Waals surface area contributed by atoms with Crippen LogP contribution >= 0.6 is 22.6 Å². The molecule has 2 unspecified atom stereocenters. The van der Waals surface area contributed by atoms with E-state index in [-0.39, 0.29) is 16.4 Å². The fourth-order valence-electron chi connectivity index (χ4n) is 6.03. The monoisotopic (exact) mass is 781 g/mol. The van der Waals surface area contributed by atoms with Gasteiger partial charge in [0.2, 0.25) is 11.8 Å². The number of nitrogens with zero attached hydrogens (tertiary/aromatic N) is 5. The summed E-state index contributed by atoms with van der Waals surface area (Å²) in [7, 11) is 4.10. The van der Waals surface area contributed by atoms with Crippen LogP contribution in [-0.4, -0.2) is 76.3 Å². The number of likely N-dealkylation sites (tertiary alicyclic amines) is 1. The molecule has 0 radical (unpaired) electrons. The van der Waals surface area contributed by atoms with Crippen molar-refractivity contribution in [2.45, 2.75) is 35.5 Å². The van der Waals surface area contributed by atoms with E-state index in [2.05, 4.69) is 51.6 Å². The molecule has 5 rings (SSSR count). The van der Waals surface area contributed by atoms with Gasteiger partial charge >= 0.3 is 6.18 Å². The van der Waals surface area contributed by atoms with Crippen LogP contribution in [0.4, 0.5) is 13.2 Å². The molecule has 0 N–H and O–H groups in total. The summed E-state index contributed by atoms with van der Waals surface area (Å²) in [5.74, 6) is -0.0839. The Bertz CT molecular complexity index is 1690. The predicted octanol–water partition coefficient (Wildman–Crippen LogP) is 7.55. The van der Waals surface area contributed by atoms with Gasteiger partial charge in [-0.1, -0.05) is 89.3 Å². The van der Waals surface area contributed by atoms with Gasteiger partial charge in [-0.05, 0) is 73.8 Å². The number of halogens is 4. The SMILES string of the molecule is CN(C)CC1CCN(C(=O)C(C(I)c2ccccc2)N(Cc2ccc(-c3ccccn3)cc2)C(=O)C=Cc2ccc(C(F)(F)F)nc2)CC1. The number of pyridine rings is 2. The minimum atomic E-state index is -4.57. The molecule has 2 aromatic carbocycles. The van der Waals surface area contributed by atoms with E-state index in [4.69, 9.17) is 0 Å². The molecule has 7 nitrogen and oxygen atoms in total. The summed E-state index contributed by atoms with van der Waals surface area (Å²) >= 11 is 2.26. The molecule has 2 aromatic heterocycles. The summed E-state index contributed by atoms with van der Waals surface area (Å²) in [6, 6.07) is 24.3. The second-order valence-electron chi connectivity index (χ2n) is 12.5. The number of hydrogen-bond donors (Lipinski definition) is 0. The highest BCUT2D eigenvalue weighted by molar-refractivity contribution is 14.1. The molecule has 1 aliphatic rings. The first kappa shape index (κ1) is 36.2. The number of amides is 2. The third-order valence-electron chi connectivity index (χ3n) is 8.58. The Labute approximate surface area is 299 Å². The fourth-order valence-corrected chi connectivity index (χ4v) is 7.15. The summed E-state index contributed by atoms with van der Waals surface area (Å²) < 4.78 is 38.9. The van der Waals surface area contributed by atoms with E-state index in [1.54, 1.807) is 11.1 Å². The Morgan fingerprint density at radius 2 is 1.63 bits per heavy atom. The van der Waals surface area contributed by atoms with Gasteiger partial charge < -0.3 is 14.7 Å². The van der Waals surface area contributed by atoms with Crippen molar-refractivity contribution in [2.75, 3.05) is 33.7 Å². The standard InChI is InChI=1S/C38H39F3IN5O2/c1-45(2)25-29-19-22-46(23-20-29)37(49)36(35(42)31-8-4-3-5-9-31)47(26-28-11-15-30(16-12-28)32-10-6-7-21-43-32)34(48)18-14-27-13-17-33(44-24-27)38(39,40)41/h3-18,21,24,29,35-36H,19-20,22-23,25-26H2,1-2H3. The van der Waals surface area contributed by atoms with Crippen molar-refractivity contribution in [1.82, 2.24) is 24.7 Å². The molecule has 2 amide bonds. The Balaban J connectivity index is 1.49. The van der Waals surface area contributed by atoms with Gasteiger partial charge in [0.25, 0.3) is 0 Å². The zero-order valence-electron chi connectivity index (χ0n) is 27.4. The van der Waals surface area contributed by atoms with Crippen LogP contribution in [0.15, 0.2) is 103 Å². The van der Waals surface area contributed by atoms with E-state index in [1.165, 1.54) is 18.2 Å². The molecule has 256 valence electrons. The molecule has 4 aromatic rings. The Morgan fingerprint density at radius 1 is 0.939 bits per heavy atom. The van der Waals surface area contributed by atoms with Crippen molar-refractivity contribution in [3.05, 3.63) is 126 Å². The molecule has 0 bridgehead atoms. The molecule has 11 heteroatoms. The van der Waals surface area contributed by atoms with Crippen molar-refractivity contribution in [2.24, 2.45) is 5.92 Å². The van der Waals surface area contributed by atoms with Gasteiger partial charge in [-0.25, -0.2) is 0 Å². The lowest BCUT2D eigenvalue weighted by Crippen LogP contribution is -2.54. The van der Waals surface area contributed by atoms with Crippen molar-refractivity contribution >= 4 is 40.5 Å². The summed E-state index contributed by atoms with van der Waals surface area (Å²) in [6.07, 6.45) is 2.73. The minimum absolute atomic E-state index is 0.130. The number of rotatable bonds is 11. The number of benzene rings is 2. The molecule has 3 heterocycles. The molecule has 49 heavy (non-hydrogen) atoms. The summed E-state index contributed by atoms with van der Waals surface area (Å²) in [6.45, 7) is 2.28. The van der Waals surface area contributed by atoms with Crippen LogP contribution < -0.4 is 0 Å². The number of carbonyl (C=O) groups excluding carboxylic acids is 2. The fraction of sp³-hybridized carbons (Fsp3) is 0.316. The number of piperidine rings is 1. The average Bonchev–Trinajstić information content (AvgIpc) is 3.11. The van der Waals surface area contributed by atoms with Gasteiger partial charge in [0.05, 0.1) is 9.62 Å². The molecule has 1 saturated heterocycles. The maximum Gasteiger partial charge on any atom is 0.433 e. The van der Waals surface area contributed by atoms with Gasteiger partial charge in [0.1, 0.15) is 11.7 Å². The topological polar surface area (TPSA) is 69.6 Å². The zero-order chi connectivity index (χ0) is 35.0. The molecule has 1 aliphatic heterocycles. The normalized spacial score (nSPS) is 15.4. The number of carbonyl (C=O) groups is 2. The highest BCUT2D eigenvalue weighted by Crippen LogP contribution is 2.34. The first-order valence-corrected chi connectivity index (χ1v) is 17.4. The lowest BCUT2D eigenvalue weighted by Gasteiger charge is -2.40. The summed E-state index contributed by atoms with van der Waals surface area (Å²) in [4.78, 5) is 42.4. The van der Waals surface area contributed by atoms with E-state index in [9.17, 15) is 22.8 Å². The van der Waals surface area contributed by atoms with Crippen molar-refractivity contribution < 1.29 is 22.8 Å². The lowest BCUT2D eigenvalue weighted by atomic mass is 9.94. The Hall–Kier alpha value is -4.10. The highest BCUT2D eigenvalue weighted by Gasteiger charge is 2.39. The maximum atomic E-state index is 14.6. The average molecular weight is 782 g/mol.